The molecular weight excluding hydrogens is 456 g/mol. The van der Waals surface area contributed by atoms with Gasteiger partial charge in [-0.25, -0.2) is 0 Å². The Kier molecular flexibility index (Phi) is 6.88. The van der Waals surface area contributed by atoms with Gasteiger partial charge in [-0.15, -0.1) is 0 Å². The Morgan fingerprint density at radius 2 is 1.86 bits per heavy atom. The van der Waals surface area contributed by atoms with Crippen LogP contribution in [-0.2, 0) is 11.2 Å². The first kappa shape index (κ1) is 24.2. The van der Waals surface area contributed by atoms with Gasteiger partial charge in [-0.3, -0.25) is 4.79 Å². The summed E-state index contributed by atoms with van der Waals surface area (Å²) in [7, 11) is 0. The summed E-state index contributed by atoms with van der Waals surface area (Å²) < 4.78 is 18.0. The summed E-state index contributed by atoms with van der Waals surface area (Å²) in [6.07, 6.45) is 2.47. The topological polar surface area (TPSA) is 85.2 Å². The maximum atomic E-state index is 11.1. The van der Waals surface area contributed by atoms with E-state index in [1.807, 2.05) is 18.2 Å². The van der Waals surface area contributed by atoms with Crippen molar-refractivity contribution < 1.29 is 29.2 Å². The van der Waals surface area contributed by atoms with Crippen LogP contribution in [0.1, 0.15) is 59.1 Å². The summed E-state index contributed by atoms with van der Waals surface area (Å²) in [4.78, 5) is 11.1. The highest BCUT2D eigenvalue weighted by Crippen LogP contribution is 2.44. The first-order valence-corrected chi connectivity index (χ1v) is 12.6. The van der Waals surface area contributed by atoms with E-state index in [2.05, 4.69) is 44.2 Å². The minimum Gasteiger partial charge on any atom is -0.493 e. The van der Waals surface area contributed by atoms with Crippen molar-refractivity contribution in [3.05, 3.63) is 76.3 Å². The van der Waals surface area contributed by atoms with Crippen LogP contribution in [0, 0.1) is 13.8 Å². The van der Waals surface area contributed by atoms with E-state index in [0.717, 1.165) is 35.7 Å². The second-order valence-corrected chi connectivity index (χ2v) is 9.68. The quantitative estimate of drug-likeness (QED) is 0.373. The molecule has 0 bridgehead atoms. The highest BCUT2D eigenvalue weighted by atomic mass is 16.5. The second-order valence-electron chi connectivity index (χ2n) is 9.68. The van der Waals surface area contributed by atoms with E-state index in [0.29, 0.717) is 19.6 Å². The van der Waals surface area contributed by atoms with Gasteiger partial charge in [0.25, 0.3) is 0 Å². The molecule has 3 aromatic rings. The number of aryl methyl sites for hydroxylation is 2. The van der Waals surface area contributed by atoms with Gasteiger partial charge in [0.1, 0.15) is 23.4 Å². The number of carboxylic acids is 1. The zero-order valence-electron chi connectivity index (χ0n) is 20.8. The Morgan fingerprint density at radius 1 is 1.06 bits per heavy atom. The molecule has 36 heavy (non-hydrogen) atoms. The summed E-state index contributed by atoms with van der Waals surface area (Å²) >= 11 is 0. The van der Waals surface area contributed by atoms with Crippen LogP contribution in [0.2, 0.25) is 0 Å². The minimum absolute atomic E-state index is 0.0454. The molecule has 1 aliphatic heterocycles. The summed E-state index contributed by atoms with van der Waals surface area (Å²) in [5, 5.41) is 18.2. The van der Waals surface area contributed by atoms with Crippen LogP contribution >= 0.6 is 0 Å². The van der Waals surface area contributed by atoms with Gasteiger partial charge in [-0.1, -0.05) is 24.3 Å². The molecule has 0 amide bonds. The lowest BCUT2D eigenvalue weighted by atomic mass is 9.90. The molecule has 0 spiro atoms. The zero-order chi connectivity index (χ0) is 25.2. The largest absolute Gasteiger partial charge is 0.493 e. The van der Waals surface area contributed by atoms with Crippen molar-refractivity contribution in [2.24, 2.45) is 0 Å². The number of ether oxygens (including phenoxy) is 3. The third-order valence-corrected chi connectivity index (χ3v) is 7.13. The fourth-order valence-electron chi connectivity index (χ4n) is 5.53. The maximum Gasteiger partial charge on any atom is 0.304 e. The Balaban J connectivity index is 1.37. The van der Waals surface area contributed by atoms with Crippen molar-refractivity contribution in [3.63, 3.8) is 0 Å². The van der Waals surface area contributed by atoms with E-state index in [4.69, 9.17) is 24.4 Å². The number of rotatable bonds is 9. The average Bonchev–Trinajstić information content (AvgIpc) is 3.43. The average molecular weight is 489 g/mol. The van der Waals surface area contributed by atoms with Crippen LogP contribution in [0.5, 0.6) is 17.2 Å². The zero-order valence-corrected chi connectivity index (χ0v) is 20.8. The predicted octanol–water partition coefficient (Wildman–Crippen LogP) is 5.75. The van der Waals surface area contributed by atoms with E-state index >= 15 is 0 Å². The second kappa shape index (κ2) is 10.2. The lowest BCUT2D eigenvalue weighted by Crippen LogP contribution is -2.07. The Bertz CT molecular complexity index is 1260. The molecule has 0 unspecified atom stereocenters. The number of aliphatic hydroxyl groups is 1. The molecule has 6 heteroatoms. The SMILES string of the molecule is Cc1cc(OCCCO)cc(C)c1-c1cccc2c1CC[C@H]2Oc1ccc2c(c1)OC[C@H]2CC(=O)O. The van der Waals surface area contributed by atoms with Gasteiger partial charge in [-0.2, -0.15) is 0 Å². The molecule has 0 saturated heterocycles. The third-order valence-electron chi connectivity index (χ3n) is 7.13. The Morgan fingerprint density at radius 3 is 2.61 bits per heavy atom. The number of hydrogen-bond donors (Lipinski definition) is 2. The molecule has 5 rings (SSSR count). The van der Waals surface area contributed by atoms with Gasteiger partial charge in [-0.05, 0) is 78.3 Å². The molecule has 3 aromatic carbocycles. The monoisotopic (exact) mass is 488 g/mol. The lowest BCUT2D eigenvalue weighted by Gasteiger charge is -2.18. The van der Waals surface area contributed by atoms with Crippen molar-refractivity contribution in [1.29, 1.82) is 0 Å². The molecule has 2 atom stereocenters. The normalized spacial score (nSPS) is 17.9. The summed E-state index contributed by atoms with van der Waals surface area (Å²) in [6, 6.07) is 16.3. The number of aliphatic carboxylic acids is 1. The number of fused-ring (bicyclic) bond motifs is 2. The van der Waals surface area contributed by atoms with E-state index in [1.165, 1.54) is 33.4 Å². The minimum atomic E-state index is -0.815. The summed E-state index contributed by atoms with van der Waals surface area (Å²) in [5.74, 6) is 1.37. The molecule has 188 valence electrons. The molecular formula is C30H32O6. The number of benzene rings is 3. The molecule has 0 fully saturated rings. The maximum absolute atomic E-state index is 11.1. The fraction of sp³-hybridized carbons (Fsp3) is 0.367. The van der Waals surface area contributed by atoms with E-state index in [-0.39, 0.29) is 25.0 Å². The van der Waals surface area contributed by atoms with Crippen molar-refractivity contribution in [1.82, 2.24) is 0 Å². The van der Waals surface area contributed by atoms with Crippen molar-refractivity contribution in [2.75, 3.05) is 19.8 Å². The van der Waals surface area contributed by atoms with Crippen LogP contribution in [0.15, 0.2) is 48.5 Å². The summed E-state index contributed by atoms with van der Waals surface area (Å²) in [5.41, 5.74) is 8.27. The summed E-state index contributed by atoms with van der Waals surface area (Å²) in [6.45, 7) is 5.25. The molecule has 1 aliphatic carbocycles. The van der Waals surface area contributed by atoms with Gasteiger partial charge in [0.15, 0.2) is 0 Å². The van der Waals surface area contributed by atoms with Gasteiger partial charge < -0.3 is 24.4 Å². The van der Waals surface area contributed by atoms with Crippen molar-refractivity contribution in [3.8, 4) is 28.4 Å². The Labute approximate surface area is 211 Å². The van der Waals surface area contributed by atoms with E-state index in [1.54, 1.807) is 0 Å². The fourth-order valence-corrected chi connectivity index (χ4v) is 5.53. The van der Waals surface area contributed by atoms with E-state index < -0.39 is 5.97 Å². The van der Waals surface area contributed by atoms with Gasteiger partial charge in [0.2, 0.25) is 0 Å². The van der Waals surface area contributed by atoms with Crippen LogP contribution in [0.3, 0.4) is 0 Å². The number of hydrogen-bond acceptors (Lipinski definition) is 5. The molecule has 0 radical (unpaired) electrons. The number of carboxylic acid groups (broad SMARTS) is 1. The lowest BCUT2D eigenvalue weighted by molar-refractivity contribution is -0.137. The highest BCUT2D eigenvalue weighted by Gasteiger charge is 2.30. The first-order chi connectivity index (χ1) is 17.4. The van der Waals surface area contributed by atoms with Gasteiger partial charge in [0, 0.05) is 30.6 Å². The smallest absolute Gasteiger partial charge is 0.304 e. The van der Waals surface area contributed by atoms with Crippen LogP contribution in [-0.4, -0.2) is 36.0 Å². The predicted molar refractivity (Wildman–Crippen MR) is 137 cm³/mol. The highest BCUT2D eigenvalue weighted by molar-refractivity contribution is 5.76. The first-order valence-electron chi connectivity index (χ1n) is 12.6. The van der Waals surface area contributed by atoms with Gasteiger partial charge >= 0.3 is 5.97 Å². The Hall–Kier alpha value is -3.51. The van der Waals surface area contributed by atoms with Crippen LogP contribution < -0.4 is 14.2 Å². The number of aliphatic hydroxyl groups excluding tert-OH is 1. The third kappa shape index (κ3) is 4.78. The molecule has 1 heterocycles. The molecule has 2 aliphatic rings. The van der Waals surface area contributed by atoms with Crippen molar-refractivity contribution in [2.45, 2.75) is 51.6 Å². The van der Waals surface area contributed by atoms with Crippen LogP contribution in [0.25, 0.3) is 11.1 Å². The van der Waals surface area contributed by atoms with Crippen LogP contribution in [0.4, 0.5) is 0 Å². The van der Waals surface area contributed by atoms with Gasteiger partial charge in [0.05, 0.1) is 19.6 Å². The molecule has 2 N–H and O–H groups in total. The number of carbonyl (C=O) groups is 1. The molecule has 0 aromatic heterocycles. The molecule has 0 saturated carbocycles. The molecule has 6 nitrogen and oxygen atoms in total. The standard InChI is InChI=1S/C30H32O6/c1-18-13-22(34-12-4-11-31)14-19(2)30(18)26-6-3-5-25-24(26)9-10-27(25)36-21-7-8-23-20(15-29(32)33)17-35-28(23)16-21/h3,5-8,13-14,16,20,27,31H,4,9-12,15,17H2,1-2H3,(H,32,33)/t20-,27-/m1/s1. The van der Waals surface area contributed by atoms with E-state index in [9.17, 15) is 4.79 Å². The van der Waals surface area contributed by atoms with Crippen molar-refractivity contribution >= 4 is 5.97 Å².